The number of carbonyl (C=O) groups is 1. The van der Waals surface area contributed by atoms with Gasteiger partial charge in [0.25, 0.3) is 0 Å². The maximum absolute atomic E-state index is 13.2. The van der Waals surface area contributed by atoms with Gasteiger partial charge in [-0.1, -0.05) is 0 Å². The van der Waals surface area contributed by atoms with Gasteiger partial charge in [0.2, 0.25) is 0 Å². The molecule has 0 unspecified atom stereocenters. The summed E-state index contributed by atoms with van der Waals surface area (Å²) in [4.78, 5) is 19.7. The minimum absolute atomic E-state index is 0.00608. The predicted molar refractivity (Wildman–Crippen MR) is 86.1 cm³/mol. The molecule has 2 heterocycles. The number of hydrogen-bond acceptors (Lipinski definition) is 4. The second-order valence-electron chi connectivity index (χ2n) is 5.29. The van der Waals surface area contributed by atoms with Crippen molar-refractivity contribution in [3.8, 4) is 22.0 Å². The molecule has 7 heteroatoms. The number of nitrogens with zero attached hydrogens (tertiary/aromatic N) is 3. The molecule has 2 aromatic heterocycles. The van der Waals surface area contributed by atoms with Crippen LogP contribution in [-0.4, -0.2) is 25.6 Å². The third-order valence-corrected chi connectivity index (χ3v) is 4.24. The molecule has 0 aliphatic carbocycles. The first-order valence-corrected chi connectivity index (χ1v) is 7.87. The molecule has 0 saturated carbocycles. The Morgan fingerprint density at radius 1 is 1.30 bits per heavy atom. The lowest BCUT2D eigenvalue weighted by atomic mass is 10.1. The van der Waals surface area contributed by atoms with Crippen molar-refractivity contribution in [1.29, 1.82) is 0 Å². The molecule has 0 bridgehead atoms. The van der Waals surface area contributed by atoms with Gasteiger partial charge in [-0.2, -0.15) is 0 Å². The number of rotatable bonds is 4. The molecular formula is C16H14FN3O2S. The van der Waals surface area contributed by atoms with Crippen LogP contribution in [0.3, 0.4) is 0 Å². The Morgan fingerprint density at radius 2 is 2.00 bits per heavy atom. The fraction of sp³-hybridized carbons (Fsp3) is 0.188. The summed E-state index contributed by atoms with van der Waals surface area (Å²) in [6.07, 6.45) is 1.69. The second kappa shape index (κ2) is 5.92. The molecule has 5 nitrogen and oxygen atoms in total. The largest absolute Gasteiger partial charge is 0.476 e. The second-order valence-corrected chi connectivity index (χ2v) is 6.15. The monoisotopic (exact) mass is 331 g/mol. The van der Waals surface area contributed by atoms with Crippen LogP contribution in [-0.2, 0) is 0 Å². The molecule has 0 aliphatic heterocycles. The van der Waals surface area contributed by atoms with Crippen LogP contribution in [0.15, 0.2) is 36.0 Å². The van der Waals surface area contributed by atoms with E-state index in [4.69, 9.17) is 5.11 Å². The number of thiazole rings is 1. The summed E-state index contributed by atoms with van der Waals surface area (Å²) in [6.45, 7) is 4.01. The van der Waals surface area contributed by atoms with Crippen LogP contribution in [0.2, 0.25) is 0 Å². The van der Waals surface area contributed by atoms with Gasteiger partial charge >= 0.3 is 5.97 Å². The van der Waals surface area contributed by atoms with E-state index in [2.05, 4.69) is 9.97 Å². The number of halogens is 1. The van der Waals surface area contributed by atoms with Gasteiger partial charge in [0.05, 0.1) is 12.0 Å². The van der Waals surface area contributed by atoms with Crippen LogP contribution >= 0.6 is 11.3 Å². The molecule has 3 aromatic rings. The zero-order chi connectivity index (χ0) is 16.6. The lowest BCUT2D eigenvalue weighted by Crippen LogP contribution is -2.02. The van der Waals surface area contributed by atoms with Crippen molar-refractivity contribution in [2.24, 2.45) is 0 Å². The third kappa shape index (κ3) is 2.87. The van der Waals surface area contributed by atoms with E-state index in [1.807, 2.05) is 18.4 Å². The molecule has 23 heavy (non-hydrogen) atoms. The number of aromatic nitrogens is 3. The Bertz CT molecular complexity index is 853. The van der Waals surface area contributed by atoms with Gasteiger partial charge in [0.1, 0.15) is 16.5 Å². The minimum Gasteiger partial charge on any atom is -0.476 e. The number of carboxylic acid groups (broad SMARTS) is 1. The molecule has 3 rings (SSSR count). The first-order valence-electron chi connectivity index (χ1n) is 6.99. The number of benzene rings is 1. The average molecular weight is 331 g/mol. The predicted octanol–water partition coefficient (Wildman–Crippen LogP) is 4.09. The zero-order valence-corrected chi connectivity index (χ0v) is 13.3. The van der Waals surface area contributed by atoms with E-state index in [9.17, 15) is 9.18 Å². The van der Waals surface area contributed by atoms with E-state index in [1.54, 1.807) is 18.5 Å². The van der Waals surface area contributed by atoms with E-state index in [0.717, 1.165) is 11.3 Å². The summed E-state index contributed by atoms with van der Waals surface area (Å²) in [5.74, 6) is -1.38. The maximum atomic E-state index is 13.2. The molecule has 0 atom stereocenters. The normalized spacial score (nSPS) is 11.1. The Hall–Kier alpha value is -2.54. The minimum atomic E-state index is -1.06. The zero-order valence-electron chi connectivity index (χ0n) is 12.5. The van der Waals surface area contributed by atoms with Crippen LogP contribution in [0.1, 0.15) is 30.4 Å². The molecule has 0 spiro atoms. The molecule has 1 N–H and O–H groups in total. The van der Waals surface area contributed by atoms with Crippen LogP contribution in [0, 0.1) is 5.82 Å². The van der Waals surface area contributed by atoms with Gasteiger partial charge in [0.15, 0.2) is 5.69 Å². The van der Waals surface area contributed by atoms with E-state index in [-0.39, 0.29) is 17.6 Å². The highest BCUT2D eigenvalue weighted by Gasteiger charge is 2.20. The van der Waals surface area contributed by atoms with Crippen LogP contribution < -0.4 is 0 Å². The Labute approximate surface area is 136 Å². The topological polar surface area (TPSA) is 68.0 Å². The standard InChI is InChI=1S/C16H14FN3O2S/c1-9(2)20-8-18-13(10-3-5-11(17)6-4-10)14(20)15-19-12(7-23-15)16(21)22/h3-9H,1-2H3,(H,21,22). The Morgan fingerprint density at radius 3 is 2.57 bits per heavy atom. The fourth-order valence-electron chi connectivity index (χ4n) is 2.26. The van der Waals surface area contributed by atoms with E-state index >= 15 is 0 Å². The van der Waals surface area contributed by atoms with Crippen molar-refractivity contribution in [3.63, 3.8) is 0 Å². The van der Waals surface area contributed by atoms with Gasteiger partial charge in [-0.05, 0) is 38.1 Å². The molecule has 0 radical (unpaired) electrons. The number of carboxylic acids is 1. The first kappa shape index (κ1) is 15.4. The first-order chi connectivity index (χ1) is 11.0. The van der Waals surface area contributed by atoms with E-state index < -0.39 is 5.97 Å². The highest BCUT2D eigenvalue weighted by atomic mass is 32.1. The van der Waals surface area contributed by atoms with Crippen LogP contribution in [0.5, 0.6) is 0 Å². The lowest BCUT2D eigenvalue weighted by molar-refractivity contribution is 0.0691. The summed E-state index contributed by atoms with van der Waals surface area (Å²) in [6, 6.07) is 6.18. The van der Waals surface area contributed by atoms with Gasteiger partial charge in [-0.3, -0.25) is 0 Å². The molecule has 0 saturated heterocycles. The highest BCUT2D eigenvalue weighted by molar-refractivity contribution is 7.13. The third-order valence-electron chi connectivity index (χ3n) is 3.39. The highest BCUT2D eigenvalue weighted by Crippen LogP contribution is 2.35. The van der Waals surface area contributed by atoms with Gasteiger partial charge < -0.3 is 9.67 Å². The molecular weight excluding hydrogens is 317 g/mol. The number of hydrogen-bond donors (Lipinski definition) is 1. The Balaban J connectivity index is 2.17. The smallest absolute Gasteiger partial charge is 0.355 e. The number of imidazole rings is 1. The van der Waals surface area contributed by atoms with Crippen molar-refractivity contribution in [3.05, 3.63) is 47.5 Å². The van der Waals surface area contributed by atoms with E-state index in [0.29, 0.717) is 10.7 Å². The fourth-order valence-corrected chi connectivity index (χ4v) is 3.11. The van der Waals surface area contributed by atoms with Crippen molar-refractivity contribution < 1.29 is 14.3 Å². The summed E-state index contributed by atoms with van der Waals surface area (Å²) >= 11 is 1.25. The van der Waals surface area contributed by atoms with Crippen molar-refractivity contribution in [1.82, 2.24) is 14.5 Å². The van der Waals surface area contributed by atoms with Gasteiger partial charge in [0, 0.05) is 17.0 Å². The van der Waals surface area contributed by atoms with Gasteiger partial charge in [-0.25, -0.2) is 19.2 Å². The molecule has 1 aromatic carbocycles. The maximum Gasteiger partial charge on any atom is 0.355 e. The molecule has 118 valence electrons. The van der Waals surface area contributed by atoms with Crippen molar-refractivity contribution in [2.45, 2.75) is 19.9 Å². The number of aromatic carboxylic acids is 1. The van der Waals surface area contributed by atoms with Crippen molar-refractivity contribution >= 4 is 17.3 Å². The molecule has 0 aliphatic rings. The van der Waals surface area contributed by atoms with Crippen LogP contribution in [0.25, 0.3) is 22.0 Å². The summed E-state index contributed by atoms with van der Waals surface area (Å²) in [7, 11) is 0. The summed E-state index contributed by atoms with van der Waals surface area (Å²) in [5.41, 5.74) is 2.16. The summed E-state index contributed by atoms with van der Waals surface area (Å²) < 4.78 is 15.1. The quantitative estimate of drug-likeness (QED) is 0.782. The van der Waals surface area contributed by atoms with Gasteiger partial charge in [-0.15, -0.1) is 11.3 Å². The SMILES string of the molecule is CC(C)n1cnc(-c2ccc(F)cc2)c1-c1nc(C(=O)O)cs1. The molecule has 0 amide bonds. The van der Waals surface area contributed by atoms with Crippen LogP contribution in [0.4, 0.5) is 4.39 Å². The summed E-state index contributed by atoms with van der Waals surface area (Å²) in [5, 5.41) is 11.2. The van der Waals surface area contributed by atoms with Crippen molar-refractivity contribution in [2.75, 3.05) is 0 Å². The lowest BCUT2D eigenvalue weighted by Gasteiger charge is -2.11. The van der Waals surface area contributed by atoms with E-state index in [1.165, 1.54) is 28.8 Å². The molecule has 0 fully saturated rings. The Kier molecular flexibility index (Phi) is 3.96. The average Bonchev–Trinajstić information content (AvgIpc) is 3.14.